The molecule has 0 aliphatic carbocycles. The Kier molecular flexibility index (Phi) is 7.14. The van der Waals surface area contributed by atoms with Gasteiger partial charge in [0, 0.05) is 6.42 Å². The van der Waals surface area contributed by atoms with Crippen LogP contribution in [0.2, 0.25) is 10.0 Å². The maximum atomic E-state index is 11.7. The Labute approximate surface area is 119 Å². The Bertz CT molecular complexity index is 373. The number of amides is 1. The molecule has 0 saturated heterocycles. The largest absolute Gasteiger partial charge is 0.324 e. The smallest absolute Gasteiger partial charge is 0.224 e. The van der Waals surface area contributed by atoms with E-state index in [1.807, 2.05) is 0 Å². The minimum Gasteiger partial charge on any atom is -0.324 e. The number of nitrogens with one attached hydrogen (secondary N) is 1. The van der Waals surface area contributed by atoms with Gasteiger partial charge in [0.2, 0.25) is 5.91 Å². The fourth-order valence-corrected chi connectivity index (χ4v) is 2.20. The Hall–Kier alpha value is -0.730. The first-order valence-electron chi connectivity index (χ1n) is 6.39. The van der Waals surface area contributed by atoms with Crippen molar-refractivity contribution < 1.29 is 4.79 Å². The molecule has 0 heterocycles. The van der Waals surface area contributed by atoms with E-state index in [4.69, 9.17) is 23.2 Å². The monoisotopic (exact) mass is 287 g/mol. The van der Waals surface area contributed by atoms with Crippen LogP contribution in [0.1, 0.15) is 45.4 Å². The molecule has 2 nitrogen and oxygen atoms in total. The molecule has 0 aromatic heterocycles. The van der Waals surface area contributed by atoms with Crippen molar-refractivity contribution in [3.05, 3.63) is 28.2 Å². The van der Waals surface area contributed by atoms with E-state index in [-0.39, 0.29) is 5.91 Å². The third-order valence-electron chi connectivity index (χ3n) is 2.73. The summed E-state index contributed by atoms with van der Waals surface area (Å²) in [4.78, 5) is 11.7. The van der Waals surface area contributed by atoms with Gasteiger partial charge in [-0.3, -0.25) is 4.79 Å². The molecule has 0 fully saturated rings. The van der Waals surface area contributed by atoms with Gasteiger partial charge in [-0.25, -0.2) is 0 Å². The van der Waals surface area contributed by atoms with Crippen molar-refractivity contribution >= 4 is 34.8 Å². The highest BCUT2D eigenvalue weighted by atomic mass is 35.5. The standard InChI is InChI=1S/C14H19Cl2NO/c1-2-3-4-5-6-10-13(18)17-14-11(15)8-7-9-12(14)16/h7-9H,2-6,10H2,1H3,(H,17,18). The van der Waals surface area contributed by atoms with Crippen LogP contribution in [-0.2, 0) is 4.79 Å². The highest BCUT2D eigenvalue weighted by molar-refractivity contribution is 6.39. The molecule has 0 unspecified atom stereocenters. The van der Waals surface area contributed by atoms with Crippen LogP contribution in [0, 0.1) is 0 Å². The molecule has 1 aromatic carbocycles. The van der Waals surface area contributed by atoms with Crippen LogP contribution in [0.5, 0.6) is 0 Å². The minimum absolute atomic E-state index is 0.0264. The van der Waals surface area contributed by atoms with Gasteiger partial charge in [-0.2, -0.15) is 0 Å². The number of rotatable bonds is 7. The van der Waals surface area contributed by atoms with Gasteiger partial charge in [-0.05, 0) is 18.6 Å². The highest BCUT2D eigenvalue weighted by Crippen LogP contribution is 2.29. The number of halogens is 2. The van der Waals surface area contributed by atoms with E-state index in [2.05, 4.69) is 12.2 Å². The molecule has 0 saturated carbocycles. The van der Waals surface area contributed by atoms with Gasteiger partial charge in [0.25, 0.3) is 0 Å². The average molecular weight is 288 g/mol. The lowest BCUT2D eigenvalue weighted by Gasteiger charge is -2.08. The van der Waals surface area contributed by atoms with Crippen LogP contribution in [0.3, 0.4) is 0 Å². The maximum Gasteiger partial charge on any atom is 0.224 e. The van der Waals surface area contributed by atoms with E-state index in [0.717, 1.165) is 12.8 Å². The molecule has 0 aliphatic heterocycles. The van der Waals surface area contributed by atoms with Crippen molar-refractivity contribution in [2.75, 3.05) is 5.32 Å². The Morgan fingerprint density at radius 3 is 2.33 bits per heavy atom. The Morgan fingerprint density at radius 2 is 1.72 bits per heavy atom. The second kappa shape index (κ2) is 8.39. The fourth-order valence-electron chi connectivity index (χ4n) is 1.71. The number of carbonyl (C=O) groups excluding carboxylic acids is 1. The SMILES string of the molecule is CCCCCCCC(=O)Nc1c(Cl)cccc1Cl. The van der Waals surface area contributed by atoms with Crippen LogP contribution in [0.15, 0.2) is 18.2 Å². The van der Waals surface area contributed by atoms with E-state index >= 15 is 0 Å². The quantitative estimate of drug-likeness (QED) is 0.678. The fraction of sp³-hybridized carbons (Fsp3) is 0.500. The molecule has 1 amide bonds. The first-order chi connectivity index (χ1) is 8.65. The normalized spacial score (nSPS) is 10.4. The van der Waals surface area contributed by atoms with Crippen molar-refractivity contribution in [1.29, 1.82) is 0 Å². The third kappa shape index (κ3) is 5.28. The predicted molar refractivity (Wildman–Crippen MR) is 78.5 cm³/mol. The molecule has 4 heteroatoms. The summed E-state index contributed by atoms with van der Waals surface area (Å²) in [5.41, 5.74) is 0.513. The summed E-state index contributed by atoms with van der Waals surface area (Å²) < 4.78 is 0. The summed E-state index contributed by atoms with van der Waals surface area (Å²) >= 11 is 12.0. The molecule has 0 radical (unpaired) electrons. The summed E-state index contributed by atoms with van der Waals surface area (Å²) in [5, 5.41) is 3.71. The molecule has 0 bridgehead atoms. The lowest BCUT2D eigenvalue weighted by molar-refractivity contribution is -0.116. The molecule has 0 atom stereocenters. The Balaban J connectivity index is 2.36. The predicted octanol–water partition coefficient (Wildman–Crippen LogP) is 5.29. The summed E-state index contributed by atoms with van der Waals surface area (Å²) in [6, 6.07) is 5.18. The van der Waals surface area contributed by atoms with Crippen molar-refractivity contribution in [2.24, 2.45) is 0 Å². The molecule has 1 aromatic rings. The lowest BCUT2D eigenvalue weighted by Crippen LogP contribution is -2.11. The summed E-state index contributed by atoms with van der Waals surface area (Å²) in [7, 11) is 0. The zero-order valence-electron chi connectivity index (χ0n) is 10.6. The molecule has 100 valence electrons. The topological polar surface area (TPSA) is 29.1 Å². The summed E-state index contributed by atoms with van der Waals surface area (Å²) in [6.45, 7) is 2.17. The number of hydrogen-bond donors (Lipinski definition) is 1. The number of carbonyl (C=O) groups is 1. The van der Waals surface area contributed by atoms with Crippen LogP contribution in [0.25, 0.3) is 0 Å². The van der Waals surface area contributed by atoms with Gasteiger partial charge in [-0.15, -0.1) is 0 Å². The van der Waals surface area contributed by atoms with Crippen molar-refractivity contribution in [3.63, 3.8) is 0 Å². The molecule has 0 spiro atoms. The van der Waals surface area contributed by atoms with Crippen molar-refractivity contribution in [1.82, 2.24) is 0 Å². The van der Waals surface area contributed by atoms with E-state index in [0.29, 0.717) is 22.2 Å². The summed E-state index contributed by atoms with van der Waals surface area (Å²) in [5.74, 6) is -0.0264. The van der Waals surface area contributed by atoms with Gasteiger partial charge in [0.05, 0.1) is 15.7 Å². The molecular weight excluding hydrogens is 269 g/mol. The van der Waals surface area contributed by atoms with E-state index in [1.165, 1.54) is 19.3 Å². The van der Waals surface area contributed by atoms with Gasteiger partial charge in [0.1, 0.15) is 0 Å². The molecule has 18 heavy (non-hydrogen) atoms. The zero-order chi connectivity index (χ0) is 13.4. The van der Waals surface area contributed by atoms with Crippen LogP contribution in [-0.4, -0.2) is 5.91 Å². The van der Waals surface area contributed by atoms with Crippen molar-refractivity contribution in [2.45, 2.75) is 45.4 Å². The molecular formula is C14H19Cl2NO. The average Bonchev–Trinajstić information content (AvgIpc) is 2.34. The number of benzene rings is 1. The van der Waals surface area contributed by atoms with E-state index in [9.17, 15) is 4.79 Å². The van der Waals surface area contributed by atoms with E-state index in [1.54, 1.807) is 18.2 Å². The van der Waals surface area contributed by atoms with Crippen molar-refractivity contribution in [3.8, 4) is 0 Å². The molecule has 0 aliphatic rings. The second-order valence-electron chi connectivity index (χ2n) is 4.31. The Morgan fingerprint density at radius 1 is 1.11 bits per heavy atom. The number of hydrogen-bond acceptors (Lipinski definition) is 1. The number of anilines is 1. The molecule has 1 rings (SSSR count). The van der Waals surface area contributed by atoms with Crippen LogP contribution >= 0.6 is 23.2 Å². The van der Waals surface area contributed by atoms with Gasteiger partial charge in [-0.1, -0.05) is 61.9 Å². The first-order valence-corrected chi connectivity index (χ1v) is 7.14. The first kappa shape index (κ1) is 15.3. The molecule has 1 N–H and O–H groups in total. The van der Waals surface area contributed by atoms with E-state index < -0.39 is 0 Å². The highest BCUT2D eigenvalue weighted by Gasteiger charge is 2.08. The number of para-hydroxylation sites is 1. The van der Waals surface area contributed by atoms with Crippen LogP contribution < -0.4 is 5.32 Å². The number of unbranched alkanes of at least 4 members (excludes halogenated alkanes) is 4. The maximum absolute atomic E-state index is 11.7. The van der Waals surface area contributed by atoms with Crippen LogP contribution in [0.4, 0.5) is 5.69 Å². The summed E-state index contributed by atoms with van der Waals surface area (Å²) in [6.07, 6.45) is 6.16. The minimum atomic E-state index is -0.0264. The second-order valence-corrected chi connectivity index (χ2v) is 5.12. The lowest BCUT2D eigenvalue weighted by atomic mass is 10.1. The van der Waals surface area contributed by atoms with Gasteiger partial charge in [0.15, 0.2) is 0 Å². The third-order valence-corrected chi connectivity index (χ3v) is 3.36. The van der Waals surface area contributed by atoms with Gasteiger partial charge < -0.3 is 5.32 Å². The zero-order valence-corrected chi connectivity index (χ0v) is 12.2. The van der Waals surface area contributed by atoms with Gasteiger partial charge >= 0.3 is 0 Å².